The molecule has 0 spiro atoms. The lowest BCUT2D eigenvalue weighted by Crippen LogP contribution is -2.05. The molecule has 1 unspecified atom stereocenters. The monoisotopic (exact) mass is 263 g/mol. The molecule has 0 heterocycles. The van der Waals surface area contributed by atoms with Crippen LogP contribution in [0, 0.1) is 5.82 Å². The normalized spacial score (nSPS) is 12.3. The minimum absolute atomic E-state index is 0.286. The van der Waals surface area contributed by atoms with E-state index in [4.69, 9.17) is 5.73 Å². The van der Waals surface area contributed by atoms with E-state index >= 15 is 0 Å². The molecule has 0 aliphatic heterocycles. The highest BCUT2D eigenvalue weighted by Gasteiger charge is 2.09. The molecule has 0 aliphatic carbocycles. The van der Waals surface area contributed by atoms with E-state index in [9.17, 15) is 8.60 Å². The number of rotatable bonds is 4. The summed E-state index contributed by atoms with van der Waals surface area (Å²) in [4.78, 5) is 0.740. The van der Waals surface area contributed by atoms with Crippen LogP contribution in [0.15, 0.2) is 53.4 Å². The van der Waals surface area contributed by atoms with E-state index in [2.05, 4.69) is 0 Å². The van der Waals surface area contributed by atoms with E-state index in [1.165, 1.54) is 12.1 Å². The molecule has 2 nitrogen and oxygen atoms in total. The largest absolute Gasteiger partial charge is 0.326 e. The molecule has 0 amide bonds. The Morgan fingerprint density at radius 3 is 2.44 bits per heavy atom. The predicted octanol–water partition coefficient (Wildman–Crippen LogP) is 2.59. The van der Waals surface area contributed by atoms with Gasteiger partial charge in [0, 0.05) is 11.4 Å². The minimum atomic E-state index is -1.18. The van der Waals surface area contributed by atoms with E-state index in [0.29, 0.717) is 12.1 Å². The Labute approximate surface area is 108 Å². The van der Waals surface area contributed by atoms with E-state index in [-0.39, 0.29) is 11.6 Å². The number of benzene rings is 2. The van der Waals surface area contributed by atoms with Crippen molar-refractivity contribution in [3.63, 3.8) is 0 Å². The summed E-state index contributed by atoms with van der Waals surface area (Å²) in [6, 6.07) is 13.6. The molecule has 0 bridgehead atoms. The van der Waals surface area contributed by atoms with Crippen molar-refractivity contribution >= 4 is 10.8 Å². The van der Waals surface area contributed by atoms with Crippen LogP contribution in [0.25, 0.3) is 0 Å². The molecule has 0 aliphatic rings. The maximum absolute atomic E-state index is 13.2. The van der Waals surface area contributed by atoms with Crippen molar-refractivity contribution < 1.29 is 8.60 Å². The van der Waals surface area contributed by atoms with Crippen molar-refractivity contribution in [2.24, 2.45) is 5.73 Å². The Balaban J connectivity index is 2.24. The molecule has 0 radical (unpaired) electrons. The maximum Gasteiger partial charge on any atom is 0.123 e. The van der Waals surface area contributed by atoms with Gasteiger partial charge in [0.1, 0.15) is 5.82 Å². The lowest BCUT2D eigenvalue weighted by Gasteiger charge is -2.08. The van der Waals surface area contributed by atoms with Gasteiger partial charge in [0.2, 0.25) is 0 Å². The fraction of sp³-hybridized carbons (Fsp3) is 0.143. The smallest absolute Gasteiger partial charge is 0.123 e. The number of hydrogen-bond donors (Lipinski definition) is 1. The zero-order valence-electron chi connectivity index (χ0n) is 9.80. The molecule has 0 aromatic heterocycles. The third-order valence-electron chi connectivity index (χ3n) is 2.68. The van der Waals surface area contributed by atoms with E-state index < -0.39 is 10.8 Å². The second kappa shape index (κ2) is 5.89. The lowest BCUT2D eigenvalue weighted by molar-refractivity contribution is 0.625. The number of nitrogens with two attached hydrogens (primary N) is 1. The SMILES string of the molecule is NCc1ccc(F)cc1CS(=O)c1ccccc1. The summed E-state index contributed by atoms with van der Waals surface area (Å²) in [5, 5.41) is 0. The third kappa shape index (κ3) is 3.03. The van der Waals surface area contributed by atoms with Gasteiger partial charge in [-0.3, -0.25) is 4.21 Å². The van der Waals surface area contributed by atoms with Gasteiger partial charge in [-0.05, 0) is 35.4 Å². The van der Waals surface area contributed by atoms with Crippen LogP contribution in [0.2, 0.25) is 0 Å². The molecular weight excluding hydrogens is 249 g/mol. The van der Waals surface area contributed by atoms with Gasteiger partial charge in [0.25, 0.3) is 0 Å². The first-order chi connectivity index (χ1) is 8.70. The van der Waals surface area contributed by atoms with Gasteiger partial charge in [0.05, 0.1) is 16.6 Å². The lowest BCUT2D eigenvalue weighted by atomic mass is 10.1. The van der Waals surface area contributed by atoms with Crippen LogP contribution >= 0.6 is 0 Å². The molecular formula is C14H14FNOS. The summed E-state index contributed by atoms with van der Waals surface area (Å²) in [5.41, 5.74) is 7.14. The average molecular weight is 263 g/mol. The summed E-state index contributed by atoms with van der Waals surface area (Å²) in [6.45, 7) is 0.321. The van der Waals surface area contributed by atoms with Crippen LogP contribution in [0.1, 0.15) is 11.1 Å². The standard InChI is InChI=1S/C14H14FNOS/c15-13-7-6-11(9-16)12(8-13)10-18(17)14-4-2-1-3-5-14/h1-8H,9-10,16H2. The van der Waals surface area contributed by atoms with Crippen molar-refractivity contribution in [1.29, 1.82) is 0 Å². The van der Waals surface area contributed by atoms with Crippen LogP contribution in [0.3, 0.4) is 0 Å². The first-order valence-electron chi connectivity index (χ1n) is 5.61. The number of hydrogen-bond acceptors (Lipinski definition) is 2. The molecule has 0 saturated heterocycles. The first kappa shape index (κ1) is 12.9. The fourth-order valence-corrected chi connectivity index (χ4v) is 2.90. The van der Waals surface area contributed by atoms with E-state index in [1.807, 2.05) is 18.2 Å². The van der Waals surface area contributed by atoms with Crippen molar-refractivity contribution in [2.75, 3.05) is 0 Å². The Kier molecular flexibility index (Phi) is 4.23. The molecule has 2 aromatic rings. The molecule has 0 fully saturated rings. The first-order valence-corrected chi connectivity index (χ1v) is 6.93. The molecule has 4 heteroatoms. The van der Waals surface area contributed by atoms with Crippen LogP contribution in [-0.4, -0.2) is 4.21 Å². The van der Waals surface area contributed by atoms with E-state index in [1.54, 1.807) is 18.2 Å². The van der Waals surface area contributed by atoms with Crippen molar-refractivity contribution in [2.45, 2.75) is 17.2 Å². The van der Waals surface area contributed by atoms with Crippen molar-refractivity contribution in [1.82, 2.24) is 0 Å². The Hall–Kier alpha value is -1.52. The van der Waals surface area contributed by atoms with Crippen LogP contribution in [-0.2, 0) is 23.1 Å². The van der Waals surface area contributed by atoms with Gasteiger partial charge < -0.3 is 5.73 Å². The predicted molar refractivity (Wildman–Crippen MR) is 70.8 cm³/mol. The van der Waals surface area contributed by atoms with Gasteiger partial charge in [0.15, 0.2) is 0 Å². The molecule has 2 aromatic carbocycles. The summed E-state index contributed by atoms with van der Waals surface area (Å²) >= 11 is 0. The Morgan fingerprint density at radius 1 is 1.06 bits per heavy atom. The third-order valence-corrected chi connectivity index (χ3v) is 4.05. The van der Waals surface area contributed by atoms with Crippen LogP contribution in [0.5, 0.6) is 0 Å². The second-order valence-corrected chi connectivity index (χ2v) is 5.37. The summed E-state index contributed by atoms with van der Waals surface area (Å²) in [6.07, 6.45) is 0. The highest BCUT2D eigenvalue weighted by atomic mass is 32.2. The summed E-state index contributed by atoms with van der Waals surface area (Å²) in [7, 11) is -1.18. The van der Waals surface area contributed by atoms with Gasteiger partial charge >= 0.3 is 0 Å². The molecule has 18 heavy (non-hydrogen) atoms. The molecule has 0 saturated carbocycles. The van der Waals surface area contributed by atoms with Gasteiger partial charge in [-0.25, -0.2) is 4.39 Å². The minimum Gasteiger partial charge on any atom is -0.326 e. The molecule has 94 valence electrons. The Morgan fingerprint density at radius 2 is 1.78 bits per heavy atom. The zero-order valence-corrected chi connectivity index (χ0v) is 10.6. The van der Waals surface area contributed by atoms with Crippen LogP contribution in [0.4, 0.5) is 4.39 Å². The van der Waals surface area contributed by atoms with Gasteiger partial charge in [-0.15, -0.1) is 0 Å². The van der Waals surface area contributed by atoms with E-state index in [0.717, 1.165) is 10.5 Å². The molecule has 2 N–H and O–H groups in total. The highest BCUT2D eigenvalue weighted by Crippen LogP contribution is 2.17. The Bertz CT molecular complexity index is 557. The van der Waals surface area contributed by atoms with Gasteiger partial charge in [-0.1, -0.05) is 24.3 Å². The summed E-state index contributed by atoms with van der Waals surface area (Å²) in [5.74, 6) is -0.0406. The average Bonchev–Trinajstić information content (AvgIpc) is 2.40. The van der Waals surface area contributed by atoms with Gasteiger partial charge in [-0.2, -0.15) is 0 Å². The quantitative estimate of drug-likeness (QED) is 0.921. The topological polar surface area (TPSA) is 43.1 Å². The van der Waals surface area contributed by atoms with Crippen LogP contribution < -0.4 is 5.73 Å². The molecule has 2 rings (SSSR count). The fourth-order valence-electron chi connectivity index (χ4n) is 1.72. The zero-order chi connectivity index (χ0) is 13.0. The maximum atomic E-state index is 13.2. The summed E-state index contributed by atoms with van der Waals surface area (Å²) < 4.78 is 25.3. The molecule has 1 atom stereocenters. The van der Waals surface area contributed by atoms with Crippen molar-refractivity contribution in [3.8, 4) is 0 Å². The second-order valence-electron chi connectivity index (χ2n) is 3.92. The van der Waals surface area contributed by atoms with Crippen molar-refractivity contribution in [3.05, 3.63) is 65.5 Å². The highest BCUT2D eigenvalue weighted by molar-refractivity contribution is 7.84. The number of halogens is 1.